The van der Waals surface area contributed by atoms with E-state index in [0.29, 0.717) is 17.7 Å². The zero-order valence-electron chi connectivity index (χ0n) is 7.99. The van der Waals surface area contributed by atoms with Crippen LogP contribution in [0.25, 0.3) is 0 Å². The molecule has 0 amide bonds. The summed E-state index contributed by atoms with van der Waals surface area (Å²) in [6.07, 6.45) is 8.71. The predicted octanol–water partition coefficient (Wildman–Crippen LogP) is 1.37. The van der Waals surface area contributed by atoms with Crippen LogP contribution in [0.5, 0.6) is 0 Å². The largest absolute Gasteiger partial charge is 0.293 e. The number of carbonyl (C=O) groups is 1. The Kier molecular flexibility index (Phi) is 1.33. The summed E-state index contributed by atoms with van der Waals surface area (Å²) in [6.45, 7) is 0. The second-order valence-corrected chi connectivity index (χ2v) is 4.65. The quantitative estimate of drug-likeness (QED) is 0.557. The topological polar surface area (TPSA) is 20.3 Å². The molecule has 1 aliphatic carbocycles. The third kappa shape index (κ3) is 0.715. The molecular formula is C11H15NO. The highest BCUT2D eigenvalue weighted by Crippen LogP contribution is 2.51. The van der Waals surface area contributed by atoms with Crippen molar-refractivity contribution in [2.45, 2.75) is 37.3 Å². The molecule has 3 aliphatic rings. The average Bonchev–Trinajstić information content (AvgIpc) is 2.58. The van der Waals surface area contributed by atoms with Gasteiger partial charge in [-0.25, -0.2) is 0 Å². The van der Waals surface area contributed by atoms with Crippen LogP contribution in [0.3, 0.4) is 0 Å². The van der Waals surface area contributed by atoms with Crippen molar-refractivity contribution in [2.24, 2.45) is 5.92 Å². The Morgan fingerprint density at radius 3 is 3.31 bits per heavy atom. The monoisotopic (exact) mass is 177 g/mol. The van der Waals surface area contributed by atoms with E-state index >= 15 is 0 Å². The Morgan fingerprint density at radius 2 is 2.46 bits per heavy atom. The van der Waals surface area contributed by atoms with E-state index in [0.717, 1.165) is 6.42 Å². The van der Waals surface area contributed by atoms with Crippen LogP contribution in [0.1, 0.15) is 25.7 Å². The molecule has 3 unspecified atom stereocenters. The van der Waals surface area contributed by atoms with E-state index in [1.807, 2.05) is 6.08 Å². The van der Waals surface area contributed by atoms with Gasteiger partial charge in [0.05, 0.1) is 5.54 Å². The highest BCUT2D eigenvalue weighted by Gasteiger charge is 2.58. The predicted molar refractivity (Wildman–Crippen MR) is 50.4 cm³/mol. The number of hydrogen-bond acceptors (Lipinski definition) is 2. The van der Waals surface area contributed by atoms with Gasteiger partial charge in [-0.1, -0.05) is 12.5 Å². The first-order valence-corrected chi connectivity index (χ1v) is 5.21. The summed E-state index contributed by atoms with van der Waals surface area (Å²) in [7, 11) is 2.12. The summed E-state index contributed by atoms with van der Waals surface area (Å²) in [5.74, 6) is 1.01. The summed E-state index contributed by atoms with van der Waals surface area (Å²) in [5.41, 5.74) is -0.0700. The lowest BCUT2D eigenvalue weighted by atomic mass is 9.84. The highest BCUT2D eigenvalue weighted by atomic mass is 16.1. The van der Waals surface area contributed by atoms with Crippen molar-refractivity contribution < 1.29 is 4.79 Å². The molecule has 2 aliphatic heterocycles. The average molecular weight is 177 g/mol. The van der Waals surface area contributed by atoms with E-state index in [1.165, 1.54) is 19.3 Å². The molecule has 0 aromatic heterocycles. The zero-order chi connectivity index (χ0) is 9.05. The summed E-state index contributed by atoms with van der Waals surface area (Å²) in [5, 5.41) is 0. The Bertz CT molecular complexity index is 296. The molecule has 2 fully saturated rings. The standard InChI is InChI=1S/C11H15NO/c1-12-9-4-5-10(13)11(12)6-2-3-8(11)7-9/h4-5,8-9H,2-3,6-7H2,1H3. The second-order valence-electron chi connectivity index (χ2n) is 4.65. The molecule has 13 heavy (non-hydrogen) atoms. The van der Waals surface area contributed by atoms with Gasteiger partial charge >= 0.3 is 0 Å². The minimum absolute atomic E-state index is 0.0700. The van der Waals surface area contributed by atoms with Crippen molar-refractivity contribution in [2.75, 3.05) is 7.05 Å². The van der Waals surface area contributed by atoms with Crippen LogP contribution >= 0.6 is 0 Å². The number of hydrogen-bond donors (Lipinski definition) is 0. The lowest BCUT2D eigenvalue weighted by Crippen LogP contribution is -2.53. The second kappa shape index (κ2) is 2.24. The van der Waals surface area contributed by atoms with Gasteiger partial charge in [-0.3, -0.25) is 9.69 Å². The van der Waals surface area contributed by atoms with E-state index in [4.69, 9.17) is 0 Å². The van der Waals surface area contributed by atoms with Crippen molar-refractivity contribution in [1.82, 2.24) is 4.90 Å². The third-order valence-corrected chi connectivity index (χ3v) is 4.34. The summed E-state index contributed by atoms with van der Waals surface area (Å²) in [6, 6.07) is 0.544. The van der Waals surface area contributed by atoms with Gasteiger partial charge in [-0.2, -0.15) is 0 Å². The molecule has 0 aromatic rings. The van der Waals surface area contributed by atoms with Gasteiger partial charge in [-0.15, -0.1) is 0 Å². The van der Waals surface area contributed by atoms with Crippen molar-refractivity contribution >= 4 is 5.78 Å². The van der Waals surface area contributed by atoms with E-state index in [1.54, 1.807) is 0 Å². The van der Waals surface area contributed by atoms with E-state index in [2.05, 4.69) is 18.0 Å². The Hall–Kier alpha value is -0.630. The first kappa shape index (κ1) is 7.74. The minimum Gasteiger partial charge on any atom is -0.293 e. The molecule has 3 atom stereocenters. The third-order valence-electron chi connectivity index (χ3n) is 4.34. The SMILES string of the molecule is CN1C2C=CC(=O)C13CCCC3C2. The Labute approximate surface area is 78.6 Å². The van der Waals surface area contributed by atoms with Crippen LogP contribution in [0.4, 0.5) is 0 Å². The van der Waals surface area contributed by atoms with Gasteiger partial charge in [-0.05, 0) is 38.3 Å². The fourth-order valence-corrected chi connectivity index (χ4v) is 3.63. The van der Waals surface area contributed by atoms with Gasteiger partial charge in [0, 0.05) is 6.04 Å². The Morgan fingerprint density at radius 1 is 1.62 bits per heavy atom. The summed E-state index contributed by atoms with van der Waals surface area (Å²) in [4.78, 5) is 14.3. The number of fused-ring (bicyclic) bond motifs is 1. The van der Waals surface area contributed by atoms with Crippen LogP contribution in [-0.4, -0.2) is 29.3 Å². The number of ketones is 1. The molecule has 0 aromatic carbocycles. The fourth-order valence-electron chi connectivity index (χ4n) is 3.63. The molecular weight excluding hydrogens is 162 g/mol. The minimum atomic E-state index is -0.0700. The number of nitrogens with zero attached hydrogens (tertiary/aromatic N) is 1. The van der Waals surface area contributed by atoms with Crippen molar-refractivity contribution in [3.05, 3.63) is 12.2 Å². The number of carbonyl (C=O) groups excluding carboxylic acids is 1. The molecule has 0 N–H and O–H groups in total. The first-order chi connectivity index (χ1) is 6.25. The molecule has 70 valence electrons. The summed E-state index contributed by atoms with van der Waals surface area (Å²) >= 11 is 0. The molecule has 1 saturated heterocycles. The van der Waals surface area contributed by atoms with Crippen molar-refractivity contribution in [1.29, 1.82) is 0 Å². The number of rotatable bonds is 0. The maximum atomic E-state index is 11.9. The molecule has 3 rings (SSSR count). The molecule has 1 spiro atoms. The molecule has 0 radical (unpaired) electrons. The smallest absolute Gasteiger partial charge is 0.175 e. The van der Waals surface area contributed by atoms with Crippen LogP contribution in [-0.2, 0) is 4.79 Å². The van der Waals surface area contributed by atoms with Crippen molar-refractivity contribution in [3.8, 4) is 0 Å². The van der Waals surface area contributed by atoms with E-state index in [9.17, 15) is 4.79 Å². The molecule has 2 heterocycles. The zero-order valence-corrected chi connectivity index (χ0v) is 7.99. The number of likely N-dealkylation sites (N-methyl/N-ethyl adjacent to an activating group) is 1. The van der Waals surface area contributed by atoms with Gasteiger partial charge in [0.15, 0.2) is 5.78 Å². The maximum Gasteiger partial charge on any atom is 0.175 e. The van der Waals surface area contributed by atoms with E-state index in [-0.39, 0.29) is 5.54 Å². The van der Waals surface area contributed by atoms with Crippen LogP contribution < -0.4 is 0 Å². The first-order valence-electron chi connectivity index (χ1n) is 5.21. The molecule has 2 nitrogen and oxygen atoms in total. The lowest BCUT2D eigenvalue weighted by molar-refractivity contribution is -0.126. The van der Waals surface area contributed by atoms with Crippen molar-refractivity contribution in [3.63, 3.8) is 0 Å². The fraction of sp³-hybridized carbons (Fsp3) is 0.727. The van der Waals surface area contributed by atoms with Crippen LogP contribution in [0.2, 0.25) is 0 Å². The van der Waals surface area contributed by atoms with Crippen LogP contribution in [0.15, 0.2) is 12.2 Å². The Balaban J connectivity index is 2.14. The van der Waals surface area contributed by atoms with Gasteiger partial charge in [0.25, 0.3) is 0 Å². The normalized spacial score (nSPS) is 48.5. The molecule has 2 bridgehead atoms. The summed E-state index contributed by atoms with van der Waals surface area (Å²) < 4.78 is 0. The van der Waals surface area contributed by atoms with Gasteiger partial charge < -0.3 is 0 Å². The molecule has 2 heteroatoms. The highest BCUT2D eigenvalue weighted by molar-refractivity contribution is 6.00. The maximum absolute atomic E-state index is 11.9. The van der Waals surface area contributed by atoms with Crippen LogP contribution in [0, 0.1) is 5.92 Å². The van der Waals surface area contributed by atoms with Gasteiger partial charge in [0.2, 0.25) is 0 Å². The molecule has 1 saturated carbocycles. The van der Waals surface area contributed by atoms with Gasteiger partial charge in [0.1, 0.15) is 0 Å². The van der Waals surface area contributed by atoms with E-state index < -0.39 is 0 Å². The lowest BCUT2D eigenvalue weighted by Gasteiger charge is -2.38.